The molecule has 4 heteroatoms. The summed E-state index contributed by atoms with van der Waals surface area (Å²) >= 11 is 0. The van der Waals surface area contributed by atoms with Crippen LogP contribution in [0.3, 0.4) is 0 Å². The van der Waals surface area contributed by atoms with Gasteiger partial charge in [-0.2, -0.15) is 0 Å². The van der Waals surface area contributed by atoms with Crippen molar-refractivity contribution in [3.05, 3.63) is 0 Å². The first-order chi connectivity index (χ1) is 7.45. The highest BCUT2D eigenvalue weighted by Crippen LogP contribution is 2.21. The van der Waals surface area contributed by atoms with Crippen LogP contribution in [-0.2, 0) is 4.74 Å². The van der Waals surface area contributed by atoms with Crippen molar-refractivity contribution < 1.29 is 17.9 Å². The molecule has 0 aliphatic carbocycles. The van der Waals surface area contributed by atoms with Gasteiger partial charge in [0, 0.05) is 0 Å². The first-order valence-electron chi connectivity index (χ1n) is 6.20. The lowest BCUT2D eigenvalue weighted by Crippen LogP contribution is -2.21. The van der Waals surface area contributed by atoms with E-state index >= 15 is 0 Å². The minimum atomic E-state index is -4.49. The molecule has 0 saturated heterocycles. The smallest absolute Gasteiger partial charge is 0.289 e. The molecule has 98 valence electrons. The van der Waals surface area contributed by atoms with Gasteiger partial charge in [0.1, 0.15) is 0 Å². The predicted octanol–water partition coefficient (Wildman–Crippen LogP) is 5.05. The van der Waals surface area contributed by atoms with Gasteiger partial charge in [0.2, 0.25) is 0 Å². The molecule has 0 aliphatic heterocycles. The van der Waals surface area contributed by atoms with Crippen LogP contribution in [0.15, 0.2) is 0 Å². The van der Waals surface area contributed by atoms with Gasteiger partial charge in [-0.25, -0.2) is 0 Å². The Morgan fingerprint density at radius 3 is 1.94 bits per heavy atom. The summed E-state index contributed by atoms with van der Waals surface area (Å²) in [6.07, 6.45) is 3.17. The molecule has 0 rings (SSSR count). The number of alkyl halides is 3. The Balaban J connectivity index is 3.25. The summed E-state index contributed by atoms with van der Waals surface area (Å²) in [6.45, 7) is 3.64. The van der Waals surface area contributed by atoms with Gasteiger partial charge < -0.3 is 0 Å². The highest BCUT2D eigenvalue weighted by atomic mass is 19.4. The molecule has 1 atom stereocenters. The molecule has 1 unspecified atom stereocenters. The van der Waals surface area contributed by atoms with E-state index < -0.39 is 12.5 Å². The fourth-order valence-corrected chi connectivity index (χ4v) is 1.68. The quantitative estimate of drug-likeness (QED) is 0.512. The van der Waals surface area contributed by atoms with Crippen molar-refractivity contribution in [2.45, 2.75) is 77.7 Å². The van der Waals surface area contributed by atoms with E-state index in [9.17, 15) is 13.2 Å². The van der Waals surface area contributed by atoms with Crippen molar-refractivity contribution in [2.75, 3.05) is 0 Å². The van der Waals surface area contributed by atoms with Crippen molar-refractivity contribution in [1.82, 2.24) is 0 Å². The lowest BCUT2D eigenvalue weighted by Gasteiger charge is -2.14. The Labute approximate surface area is 96.4 Å². The molecule has 16 heavy (non-hydrogen) atoms. The van der Waals surface area contributed by atoms with Crippen LogP contribution in [0.1, 0.15) is 65.2 Å². The van der Waals surface area contributed by atoms with E-state index in [-0.39, 0.29) is 0 Å². The third-order valence-corrected chi connectivity index (χ3v) is 2.55. The molecule has 0 amide bonds. The van der Waals surface area contributed by atoms with Gasteiger partial charge in [-0.1, -0.05) is 51.9 Å². The molecule has 0 aromatic heterocycles. The fraction of sp³-hybridized carbons (Fsp3) is 1.00. The zero-order chi connectivity index (χ0) is 12.4. The second-order valence-electron chi connectivity index (χ2n) is 4.28. The van der Waals surface area contributed by atoms with Crippen LogP contribution in [0.2, 0.25) is 0 Å². The van der Waals surface area contributed by atoms with Gasteiger partial charge in [-0.15, -0.1) is 13.2 Å². The molecule has 0 spiro atoms. The van der Waals surface area contributed by atoms with Gasteiger partial charge in [-0.05, 0) is 13.3 Å². The first-order valence-corrected chi connectivity index (χ1v) is 6.20. The van der Waals surface area contributed by atoms with Crippen LogP contribution >= 0.6 is 0 Å². The van der Waals surface area contributed by atoms with Gasteiger partial charge in [-0.3, -0.25) is 4.74 Å². The molecule has 0 saturated carbocycles. The summed E-state index contributed by atoms with van der Waals surface area (Å²) in [4.78, 5) is 0. The average molecular weight is 240 g/mol. The highest BCUT2D eigenvalue weighted by Gasteiger charge is 2.31. The van der Waals surface area contributed by atoms with Crippen LogP contribution in [0, 0.1) is 0 Å². The maximum absolute atomic E-state index is 11.8. The minimum absolute atomic E-state index is 0.493. The number of hydrogen-bond donors (Lipinski definition) is 0. The number of unbranched alkanes of at least 4 members (excludes halogenated alkanes) is 6. The second-order valence-corrected chi connectivity index (χ2v) is 4.28. The summed E-state index contributed by atoms with van der Waals surface area (Å²) in [7, 11) is 0. The SMILES string of the molecule is CCCCCCCCCC(C)OC(F)(F)F. The van der Waals surface area contributed by atoms with E-state index in [4.69, 9.17) is 0 Å². The topological polar surface area (TPSA) is 9.23 Å². The Hall–Kier alpha value is -0.250. The fourth-order valence-electron chi connectivity index (χ4n) is 1.68. The van der Waals surface area contributed by atoms with Crippen molar-refractivity contribution in [2.24, 2.45) is 0 Å². The first kappa shape index (κ1) is 15.8. The third kappa shape index (κ3) is 11.8. The molecule has 1 nitrogen and oxygen atoms in total. The summed E-state index contributed by atoms with van der Waals surface area (Å²) in [5.41, 5.74) is 0. The highest BCUT2D eigenvalue weighted by molar-refractivity contribution is 4.53. The Morgan fingerprint density at radius 1 is 0.938 bits per heavy atom. The van der Waals surface area contributed by atoms with Crippen molar-refractivity contribution >= 4 is 0 Å². The van der Waals surface area contributed by atoms with E-state index in [1.54, 1.807) is 0 Å². The van der Waals surface area contributed by atoms with E-state index in [0.29, 0.717) is 6.42 Å². The van der Waals surface area contributed by atoms with Crippen LogP contribution in [0.25, 0.3) is 0 Å². The lowest BCUT2D eigenvalue weighted by molar-refractivity contribution is -0.340. The van der Waals surface area contributed by atoms with E-state index in [1.807, 2.05) is 0 Å². The molecule has 0 aromatic carbocycles. The van der Waals surface area contributed by atoms with Gasteiger partial charge in [0.15, 0.2) is 0 Å². The third-order valence-electron chi connectivity index (χ3n) is 2.55. The zero-order valence-electron chi connectivity index (χ0n) is 10.3. The largest absolute Gasteiger partial charge is 0.522 e. The number of rotatable bonds is 9. The Bertz CT molecular complexity index is 157. The van der Waals surface area contributed by atoms with Crippen molar-refractivity contribution in [3.8, 4) is 0 Å². The van der Waals surface area contributed by atoms with Crippen LogP contribution in [0.5, 0.6) is 0 Å². The standard InChI is InChI=1S/C12H23F3O/c1-3-4-5-6-7-8-9-10-11(2)16-12(13,14)15/h11H,3-10H2,1-2H3. The molecule has 0 heterocycles. The molecule has 0 N–H and O–H groups in total. The van der Waals surface area contributed by atoms with E-state index in [0.717, 1.165) is 19.3 Å². The summed E-state index contributed by atoms with van der Waals surface area (Å²) in [5, 5.41) is 0. The van der Waals surface area contributed by atoms with E-state index in [1.165, 1.54) is 32.6 Å². The van der Waals surface area contributed by atoms with Gasteiger partial charge in [0.05, 0.1) is 6.10 Å². The Morgan fingerprint density at radius 2 is 1.44 bits per heavy atom. The number of halogens is 3. The zero-order valence-corrected chi connectivity index (χ0v) is 10.3. The molecule has 0 aromatic rings. The molecular weight excluding hydrogens is 217 g/mol. The maximum atomic E-state index is 11.8. The normalized spacial score (nSPS) is 14.1. The molecular formula is C12H23F3O. The molecule has 0 radical (unpaired) electrons. The number of ether oxygens (including phenoxy) is 1. The van der Waals surface area contributed by atoms with Crippen LogP contribution < -0.4 is 0 Å². The molecule has 0 bridgehead atoms. The Kier molecular flexibility index (Phi) is 8.71. The van der Waals surface area contributed by atoms with Crippen LogP contribution in [0.4, 0.5) is 13.2 Å². The summed E-state index contributed by atoms with van der Waals surface area (Å²) in [6, 6.07) is 0. The molecule has 0 aliphatic rings. The van der Waals surface area contributed by atoms with Crippen molar-refractivity contribution in [1.29, 1.82) is 0 Å². The molecule has 0 fully saturated rings. The predicted molar refractivity (Wildman–Crippen MR) is 59.2 cm³/mol. The lowest BCUT2D eigenvalue weighted by atomic mass is 10.1. The van der Waals surface area contributed by atoms with E-state index in [2.05, 4.69) is 11.7 Å². The minimum Gasteiger partial charge on any atom is -0.289 e. The van der Waals surface area contributed by atoms with Gasteiger partial charge >= 0.3 is 6.36 Å². The summed E-state index contributed by atoms with van der Waals surface area (Å²) in [5.74, 6) is 0. The second kappa shape index (κ2) is 8.85. The van der Waals surface area contributed by atoms with Crippen molar-refractivity contribution in [3.63, 3.8) is 0 Å². The average Bonchev–Trinajstić information content (AvgIpc) is 2.13. The summed E-state index contributed by atoms with van der Waals surface area (Å²) < 4.78 is 39.3. The monoisotopic (exact) mass is 240 g/mol. The van der Waals surface area contributed by atoms with Gasteiger partial charge in [0.25, 0.3) is 0 Å². The number of hydrogen-bond acceptors (Lipinski definition) is 1. The van der Waals surface area contributed by atoms with Crippen LogP contribution in [-0.4, -0.2) is 12.5 Å². The maximum Gasteiger partial charge on any atom is 0.522 e.